The Morgan fingerprint density at radius 2 is 1.81 bits per heavy atom. The van der Waals surface area contributed by atoms with Crippen LogP contribution in [0.5, 0.6) is 0 Å². The molecule has 2 aromatic carbocycles. The normalized spacial score (nSPS) is 9.56. The molecular weight excluding hydrogens is 218 g/mol. The molecule has 0 radical (unpaired) electrons. The van der Waals surface area contributed by atoms with Crippen LogP contribution in [0.15, 0.2) is 55.1 Å². The van der Waals surface area contributed by atoms with E-state index >= 15 is 0 Å². The summed E-state index contributed by atoms with van der Waals surface area (Å²) < 4.78 is 0. The third-order valence-corrected chi connectivity index (χ3v) is 2.58. The molecule has 0 saturated carbocycles. The first-order chi connectivity index (χ1) is 7.33. The van der Waals surface area contributed by atoms with Crippen molar-refractivity contribution in [2.75, 3.05) is 18.5 Å². The summed E-state index contributed by atoms with van der Waals surface area (Å²) in [5.74, 6) is 0. The van der Waals surface area contributed by atoms with Gasteiger partial charge in [0.1, 0.15) is 0 Å². The second-order valence-electron chi connectivity index (χ2n) is 3.67. The number of likely N-dealkylation sites (N-methyl/N-ethyl adjacent to an activating group) is 1. The number of nitrogens with zero attached hydrogens (tertiary/aromatic N) is 1. The van der Waals surface area contributed by atoms with Crippen LogP contribution in [0.1, 0.15) is 0 Å². The van der Waals surface area contributed by atoms with Crippen molar-refractivity contribution in [1.82, 2.24) is 0 Å². The minimum Gasteiger partial charge on any atom is -0.370 e. The molecule has 0 unspecified atom stereocenters. The second kappa shape index (κ2) is 5.57. The highest BCUT2D eigenvalue weighted by molar-refractivity contribution is 5.94. The Morgan fingerprint density at radius 3 is 2.56 bits per heavy atom. The fraction of sp³-hybridized carbons (Fsp3) is 0.143. The lowest BCUT2D eigenvalue weighted by molar-refractivity contribution is 1.04. The van der Waals surface area contributed by atoms with Crippen LogP contribution in [-0.4, -0.2) is 13.6 Å². The van der Waals surface area contributed by atoms with Crippen molar-refractivity contribution in [2.24, 2.45) is 0 Å². The molecule has 2 rings (SSSR count). The Bertz CT molecular complexity index is 474. The first-order valence-corrected chi connectivity index (χ1v) is 5.12. The Hall–Kier alpha value is -1.47. The Kier molecular flexibility index (Phi) is 4.39. The van der Waals surface area contributed by atoms with Gasteiger partial charge in [-0.3, -0.25) is 0 Å². The average Bonchev–Trinajstić information content (AvgIpc) is 2.28. The summed E-state index contributed by atoms with van der Waals surface area (Å²) >= 11 is 0. The van der Waals surface area contributed by atoms with E-state index in [1.807, 2.05) is 6.08 Å². The maximum Gasteiger partial charge on any atom is 0.0446 e. The molecule has 0 aromatic heterocycles. The van der Waals surface area contributed by atoms with Crippen molar-refractivity contribution in [3.8, 4) is 0 Å². The van der Waals surface area contributed by atoms with Gasteiger partial charge in [0.25, 0.3) is 0 Å². The molecule has 2 aromatic rings. The van der Waals surface area contributed by atoms with Crippen molar-refractivity contribution in [1.29, 1.82) is 0 Å². The molecule has 0 aliphatic rings. The van der Waals surface area contributed by atoms with Crippen molar-refractivity contribution in [2.45, 2.75) is 0 Å². The standard InChI is InChI=1S/C14H15N.ClH/c1-3-11-15(2)14-10-6-8-12-7-4-5-9-13(12)14;/h3-10H,1,11H2,2H3;1H. The highest BCUT2D eigenvalue weighted by Crippen LogP contribution is 2.25. The summed E-state index contributed by atoms with van der Waals surface area (Å²) in [6, 6.07) is 14.8. The van der Waals surface area contributed by atoms with Crippen LogP contribution in [0.4, 0.5) is 5.69 Å². The molecule has 0 N–H and O–H groups in total. The molecule has 1 nitrogen and oxygen atoms in total. The lowest BCUT2D eigenvalue weighted by atomic mass is 10.1. The van der Waals surface area contributed by atoms with E-state index in [1.165, 1.54) is 16.5 Å². The lowest BCUT2D eigenvalue weighted by Gasteiger charge is -2.19. The maximum absolute atomic E-state index is 3.76. The summed E-state index contributed by atoms with van der Waals surface area (Å²) in [5.41, 5.74) is 1.26. The summed E-state index contributed by atoms with van der Waals surface area (Å²) in [5, 5.41) is 2.58. The quantitative estimate of drug-likeness (QED) is 0.728. The van der Waals surface area contributed by atoms with E-state index in [-0.39, 0.29) is 12.4 Å². The van der Waals surface area contributed by atoms with E-state index in [2.05, 4.69) is 61.0 Å². The van der Waals surface area contributed by atoms with Crippen LogP contribution in [0, 0.1) is 0 Å². The maximum atomic E-state index is 3.76. The monoisotopic (exact) mass is 233 g/mol. The van der Waals surface area contributed by atoms with Crippen LogP contribution < -0.4 is 4.90 Å². The SMILES string of the molecule is C=CCN(C)c1cccc2ccccc12.Cl. The predicted molar refractivity (Wildman–Crippen MR) is 74.7 cm³/mol. The molecule has 0 spiro atoms. The molecule has 2 heteroatoms. The summed E-state index contributed by atoms with van der Waals surface area (Å²) in [6.45, 7) is 4.63. The fourth-order valence-electron chi connectivity index (χ4n) is 1.83. The van der Waals surface area contributed by atoms with Gasteiger partial charge in [-0.1, -0.05) is 42.5 Å². The summed E-state index contributed by atoms with van der Waals surface area (Å²) in [4.78, 5) is 2.20. The van der Waals surface area contributed by atoms with Gasteiger partial charge >= 0.3 is 0 Å². The second-order valence-corrected chi connectivity index (χ2v) is 3.67. The van der Waals surface area contributed by atoms with Crippen molar-refractivity contribution in [3.63, 3.8) is 0 Å². The van der Waals surface area contributed by atoms with E-state index in [0.717, 1.165) is 6.54 Å². The van der Waals surface area contributed by atoms with Crippen LogP contribution in [0.3, 0.4) is 0 Å². The predicted octanol–water partition coefficient (Wildman–Crippen LogP) is 3.88. The molecule has 0 atom stereocenters. The topological polar surface area (TPSA) is 3.24 Å². The van der Waals surface area contributed by atoms with Crippen LogP contribution in [-0.2, 0) is 0 Å². The largest absolute Gasteiger partial charge is 0.370 e. The number of anilines is 1. The van der Waals surface area contributed by atoms with E-state index < -0.39 is 0 Å². The molecule has 0 bridgehead atoms. The van der Waals surface area contributed by atoms with Crippen molar-refractivity contribution < 1.29 is 0 Å². The highest BCUT2D eigenvalue weighted by Gasteiger charge is 2.02. The average molecular weight is 234 g/mol. The number of rotatable bonds is 3. The van der Waals surface area contributed by atoms with E-state index in [0.29, 0.717) is 0 Å². The Balaban J connectivity index is 0.00000128. The molecule has 16 heavy (non-hydrogen) atoms. The zero-order valence-corrected chi connectivity index (χ0v) is 10.2. The van der Waals surface area contributed by atoms with Crippen LogP contribution in [0.2, 0.25) is 0 Å². The van der Waals surface area contributed by atoms with Gasteiger partial charge in [0, 0.05) is 24.7 Å². The molecule has 0 fully saturated rings. The summed E-state index contributed by atoms with van der Waals surface area (Å²) in [7, 11) is 2.09. The van der Waals surface area contributed by atoms with E-state index in [9.17, 15) is 0 Å². The number of fused-ring (bicyclic) bond motifs is 1. The van der Waals surface area contributed by atoms with E-state index in [4.69, 9.17) is 0 Å². The highest BCUT2D eigenvalue weighted by atomic mass is 35.5. The summed E-state index contributed by atoms with van der Waals surface area (Å²) in [6.07, 6.45) is 1.92. The van der Waals surface area contributed by atoms with Gasteiger partial charge in [-0.2, -0.15) is 0 Å². The fourth-order valence-corrected chi connectivity index (χ4v) is 1.83. The van der Waals surface area contributed by atoms with Gasteiger partial charge < -0.3 is 4.90 Å². The number of benzene rings is 2. The van der Waals surface area contributed by atoms with Gasteiger partial charge in [-0.05, 0) is 11.5 Å². The smallest absolute Gasteiger partial charge is 0.0446 e. The third kappa shape index (κ3) is 2.37. The number of hydrogen-bond acceptors (Lipinski definition) is 1. The lowest BCUT2D eigenvalue weighted by Crippen LogP contribution is -2.16. The minimum absolute atomic E-state index is 0. The zero-order chi connectivity index (χ0) is 10.7. The molecule has 0 aliphatic carbocycles. The first kappa shape index (κ1) is 12.6. The van der Waals surface area contributed by atoms with Crippen molar-refractivity contribution in [3.05, 3.63) is 55.1 Å². The zero-order valence-electron chi connectivity index (χ0n) is 9.39. The minimum atomic E-state index is 0. The molecular formula is C14H16ClN. The van der Waals surface area contributed by atoms with Gasteiger partial charge in [-0.15, -0.1) is 19.0 Å². The molecule has 0 aliphatic heterocycles. The number of halogens is 1. The Morgan fingerprint density at radius 1 is 1.12 bits per heavy atom. The molecule has 84 valence electrons. The van der Waals surface area contributed by atoms with Crippen LogP contribution >= 0.6 is 12.4 Å². The molecule has 0 saturated heterocycles. The third-order valence-electron chi connectivity index (χ3n) is 2.58. The van der Waals surface area contributed by atoms with E-state index in [1.54, 1.807) is 0 Å². The Labute approximate surface area is 103 Å². The van der Waals surface area contributed by atoms with Gasteiger partial charge in [0.05, 0.1) is 0 Å². The van der Waals surface area contributed by atoms with Crippen LogP contribution in [0.25, 0.3) is 10.8 Å². The van der Waals surface area contributed by atoms with Gasteiger partial charge in [0.2, 0.25) is 0 Å². The molecule has 0 amide bonds. The first-order valence-electron chi connectivity index (χ1n) is 5.12. The molecule has 0 heterocycles. The number of hydrogen-bond donors (Lipinski definition) is 0. The van der Waals surface area contributed by atoms with Gasteiger partial charge in [0.15, 0.2) is 0 Å². The van der Waals surface area contributed by atoms with Crippen molar-refractivity contribution >= 4 is 28.9 Å². The van der Waals surface area contributed by atoms with Gasteiger partial charge in [-0.25, -0.2) is 0 Å².